The molecule has 2 atom stereocenters. The number of benzene rings is 1. The van der Waals surface area contributed by atoms with Crippen molar-refractivity contribution in [3.63, 3.8) is 0 Å². The Morgan fingerprint density at radius 2 is 2.27 bits per heavy atom. The molecule has 0 heterocycles. The molecule has 2 rings (SSSR count). The number of hydrogen-bond acceptors (Lipinski definition) is 2. The van der Waals surface area contributed by atoms with Crippen molar-refractivity contribution in [1.82, 2.24) is 0 Å². The molecule has 0 aliphatic heterocycles. The zero-order chi connectivity index (χ0) is 10.7. The van der Waals surface area contributed by atoms with E-state index in [0.717, 1.165) is 29.6 Å². The summed E-state index contributed by atoms with van der Waals surface area (Å²) in [5.74, 6) is 1.61. The van der Waals surface area contributed by atoms with Gasteiger partial charge in [0.25, 0.3) is 0 Å². The Hall–Kier alpha value is -0.540. The first-order valence-electron chi connectivity index (χ1n) is 5.40. The van der Waals surface area contributed by atoms with Gasteiger partial charge in [0.1, 0.15) is 5.75 Å². The Kier molecular flexibility index (Phi) is 3.65. The van der Waals surface area contributed by atoms with E-state index in [-0.39, 0.29) is 0 Å². The van der Waals surface area contributed by atoms with Gasteiger partial charge in [0, 0.05) is 4.47 Å². The molecule has 15 heavy (non-hydrogen) atoms. The van der Waals surface area contributed by atoms with E-state index in [1.165, 1.54) is 6.42 Å². The van der Waals surface area contributed by atoms with Crippen LogP contribution in [0.5, 0.6) is 5.75 Å². The fourth-order valence-electron chi connectivity index (χ4n) is 2.08. The van der Waals surface area contributed by atoms with Crippen LogP contribution in [-0.4, -0.2) is 12.6 Å². The van der Waals surface area contributed by atoms with E-state index in [2.05, 4.69) is 15.9 Å². The van der Waals surface area contributed by atoms with Crippen molar-refractivity contribution in [2.45, 2.75) is 25.4 Å². The predicted octanol–water partition coefficient (Wildman–Crippen LogP) is 2.96. The van der Waals surface area contributed by atoms with Crippen molar-refractivity contribution in [3.8, 4) is 5.75 Å². The number of ether oxygens (including phenoxy) is 1. The third-order valence-electron chi connectivity index (χ3n) is 2.93. The average Bonchev–Trinajstić information content (AvgIpc) is 2.65. The van der Waals surface area contributed by atoms with E-state index in [1.807, 2.05) is 24.3 Å². The molecule has 3 heteroatoms. The van der Waals surface area contributed by atoms with Gasteiger partial charge in [0.15, 0.2) is 0 Å². The van der Waals surface area contributed by atoms with Gasteiger partial charge in [-0.2, -0.15) is 0 Å². The topological polar surface area (TPSA) is 35.2 Å². The van der Waals surface area contributed by atoms with E-state index < -0.39 is 0 Å². The molecule has 1 aliphatic carbocycles. The average molecular weight is 270 g/mol. The van der Waals surface area contributed by atoms with Crippen molar-refractivity contribution in [3.05, 3.63) is 28.7 Å². The highest BCUT2D eigenvalue weighted by Crippen LogP contribution is 2.29. The SMILES string of the molecule is NCC1CCC(Oc2cccc(Br)c2)C1. The maximum Gasteiger partial charge on any atom is 0.120 e. The van der Waals surface area contributed by atoms with Crippen molar-refractivity contribution < 1.29 is 4.74 Å². The van der Waals surface area contributed by atoms with Gasteiger partial charge < -0.3 is 10.5 Å². The first-order valence-corrected chi connectivity index (χ1v) is 6.19. The molecule has 0 saturated heterocycles. The number of rotatable bonds is 3. The second-order valence-electron chi connectivity index (χ2n) is 4.11. The zero-order valence-corrected chi connectivity index (χ0v) is 10.2. The van der Waals surface area contributed by atoms with E-state index >= 15 is 0 Å². The van der Waals surface area contributed by atoms with E-state index in [0.29, 0.717) is 12.0 Å². The fourth-order valence-corrected chi connectivity index (χ4v) is 2.46. The molecular formula is C12H16BrNO. The van der Waals surface area contributed by atoms with Gasteiger partial charge in [-0.1, -0.05) is 22.0 Å². The second-order valence-corrected chi connectivity index (χ2v) is 5.03. The molecule has 0 bridgehead atoms. The molecular weight excluding hydrogens is 254 g/mol. The maximum absolute atomic E-state index is 5.90. The van der Waals surface area contributed by atoms with Gasteiger partial charge in [0.05, 0.1) is 6.10 Å². The highest BCUT2D eigenvalue weighted by molar-refractivity contribution is 9.10. The minimum Gasteiger partial charge on any atom is -0.490 e. The molecule has 0 radical (unpaired) electrons. The monoisotopic (exact) mass is 269 g/mol. The summed E-state index contributed by atoms with van der Waals surface area (Å²) < 4.78 is 6.97. The quantitative estimate of drug-likeness (QED) is 0.916. The van der Waals surface area contributed by atoms with Gasteiger partial charge in [0.2, 0.25) is 0 Å². The van der Waals surface area contributed by atoms with Gasteiger partial charge in [-0.3, -0.25) is 0 Å². The number of nitrogens with two attached hydrogens (primary N) is 1. The standard InChI is InChI=1S/C12H16BrNO/c13-10-2-1-3-11(7-10)15-12-5-4-9(6-12)8-14/h1-3,7,9,12H,4-6,8,14H2. The molecule has 1 aromatic carbocycles. The Labute approximate surface area is 98.9 Å². The third kappa shape index (κ3) is 2.95. The normalized spacial score (nSPS) is 25.5. The molecule has 2 unspecified atom stereocenters. The first kappa shape index (κ1) is 11.0. The summed E-state index contributed by atoms with van der Waals surface area (Å²) in [4.78, 5) is 0. The largest absolute Gasteiger partial charge is 0.490 e. The Morgan fingerprint density at radius 3 is 2.93 bits per heavy atom. The molecule has 1 aromatic rings. The van der Waals surface area contributed by atoms with Crippen LogP contribution in [0, 0.1) is 5.92 Å². The molecule has 1 aliphatic rings. The van der Waals surface area contributed by atoms with Crippen LogP contribution in [0.15, 0.2) is 28.7 Å². The van der Waals surface area contributed by atoms with Crippen LogP contribution in [-0.2, 0) is 0 Å². The van der Waals surface area contributed by atoms with Crippen molar-refractivity contribution in [2.24, 2.45) is 11.7 Å². The molecule has 2 nitrogen and oxygen atoms in total. The van der Waals surface area contributed by atoms with Crippen LogP contribution in [0.4, 0.5) is 0 Å². The van der Waals surface area contributed by atoms with Crippen molar-refractivity contribution in [2.75, 3.05) is 6.54 Å². The fraction of sp³-hybridized carbons (Fsp3) is 0.500. The molecule has 82 valence electrons. The first-order chi connectivity index (χ1) is 7.28. The minimum atomic E-state index is 0.354. The Bertz CT molecular complexity index is 329. The van der Waals surface area contributed by atoms with Gasteiger partial charge >= 0.3 is 0 Å². The molecule has 0 amide bonds. The summed E-state index contributed by atoms with van der Waals surface area (Å²) in [5.41, 5.74) is 5.65. The molecule has 0 aromatic heterocycles. The van der Waals surface area contributed by atoms with Crippen LogP contribution in [0.3, 0.4) is 0 Å². The number of halogens is 1. The molecule has 2 N–H and O–H groups in total. The lowest BCUT2D eigenvalue weighted by atomic mass is 10.1. The molecule has 0 spiro atoms. The summed E-state index contributed by atoms with van der Waals surface area (Å²) in [6, 6.07) is 8.01. The molecule has 1 saturated carbocycles. The molecule has 1 fully saturated rings. The Morgan fingerprint density at radius 1 is 1.40 bits per heavy atom. The maximum atomic E-state index is 5.90. The lowest BCUT2D eigenvalue weighted by Gasteiger charge is -2.13. The number of hydrogen-bond donors (Lipinski definition) is 1. The van der Waals surface area contributed by atoms with Gasteiger partial charge in [-0.15, -0.1) is 0 Å². The van der Waals surface area contributed by atoms with Crippen LogP contribution in [0.1, 0.15) is 19.3 Å². The lowest BCUT2D eigenvalue weighted by Crippen LogP contribution is -2.15. The lowest BCUT2D eigenvalue weighted by molar-refractivity contribution is 0.204. The summed E-state index contributed by atoms with van der Waals surface area (Å²) in [7, 11) is 0. The minimum absolute atomic E-state index is 0.354. The summed E-state index contributed by atoms with van der Waals surface area (Å²) in [6.45, 7) is 0.790. The van der Waals surface area contributed by atoms with Crippen LogP contribution < -0.4 is 10.5 Å². The van der Waals surface area contributed by atoms with E-state index in [4.69, 9.17) is 10.5 Å². The zero-order valence-electron chi connectivity index (χ0n) is 8.66. The summed E-state index contributed by atoms with van der Waals surface area (Å²) in [5, 5.41) is 0. The highest BCUT2D eigenvalue weighted by Gasteiger charge is 2.24. The van der Waals surface area contributed by atoms with Crippen LogP contribution in [0.2, 0.25) is 0 Å². The van der Waals surface area contributed by atoms with Crippen molar-refractivity contribution in [1.29, 1.82) is 0 Å². The smallest absolute Gasteiger partial charge is 0.120 e. The second kappa shape index (κ2) is 4.99. The van der Waals surface area contributed by atoms with Crippen LogP contribution >= 0.6 is 15.9 Å². The van der Waals surface area contributed by atoms with Gasteiger partial charge in [-0.05, 0) is 49.9 Å². The predicted molar refractivity (Wildman–Crippen MR) is 65.0 cm³/mol. The van der Waals surface area contributed by atoms with E-state index in [1.54, 1.807) is 0 Å². The third-order valence-corrected chi connectivity index (χ3v) is 3.42. The Balaban J connectivity index is 1.92. The van der Waals surface area contributed by atoms with E-state index in [9.17, 15) is 0 Å². The van der Waals surface area contributed by atoms with Crippen LogP contribution in [0.25, 0.3) is 0 Å². The highest BCUT2D eigenvalue weighted by atomic mass is 79.9. The summed E-state index contributed by atoms with van der Waals surface area (Å²) in [6.07, 6.45) is 3.79. The van der Waals surface area contributed by atoms with Gasteiger partial charge in [-0.25, -0.2) is 0 Å². The van der Waals surface area contributed by atoms with Crippen molar-refractivity contribution >= 4 is 15.9 Å². The summed E-state index contributed by atoms with van der Waals surface area (Å²) >= 11 is 3.44.